The van der Waals surface area contributed by atoms with E-state index in [1.165, 1.54) is 0 Å². The molecular formula is C10H21NO2S2. The normalized spacial score (nSPS) is 26.5. The lowest BCUT2D eigenvalue weighted by Gasteiger charge is -2.28. The maximum absolute atomic E-state index is 11.4. The molecule has 90 valence electrons. The molecule has 1 aliphatic heterocycles. The molecule has 1 unspecified atom stereocenters. The lowest BCUT2D eigenvalue weighted by Crippen LogP contribution is -2.44. The van der Waals surface area contributed by atoms with Crippen molar-refractivity contribution in [3.63, 3.8) is 0 Å². The van der Waals surface area contributed by atoms with Crippen LogP contribution in [0.15, 0.2) is 0 Å². The molecule has 0 saturated carbocycles. The largest absolute Gasteiger partial charge is 0.312 e. The van der Waals surface area contributed by atoms with Gasteiger partial charge in [-0.3, -0.25) is 0 Å². The third-order valence-corrected chi connectivity index (χ3v) is 5.90. The summed E-state index contributed by atoms with van der Waals surface area (Å²) in [7, 11) is -2.78. The third-order valence-electron chi connectivity index (χ3n) is 2.83. The first-order valence-electron chi connectivity index (χ1n) is 5.34. The number of rotatable bonds is 4. The Balaban J connectivity index is 2.40. The van der Waals surface area contributed by atoms with Crippen molar-refractivity contribution in [2.45, 2.75) is 37.5 Å². The van der Waals surface area contributed by atoms with Gasteiger partial charge in [-0.15, -0.1) is 0 Å². The van der Waals surface area contributed by atoms with Crippen LogP contribution in [0.2, 0.25) is 0 Å². The minimum atomic E-state index is -2.78. The molecule has 15 heavy (non-hydrogen) atoms. The highest BCUT2D eigenvalue weighted by atomic mass is 32.2. The summed E-state index contributed by atoms with van der Waals surface area (Å²) in [5.74, 6) is 0.689. The fourth-order valence-electron chi connectivity index (χ4n) is 1.65. The number of sulfone groups is 1. The molecule has 0 amide bonds. The predicted molar refractivity (Wildman–Crippen MR) is 67.3 cm³/mol. The van der Waals surface area contributed by atoms with E-state index < -0.39 is 9.84 Å². The highest BCUT2D eigenvalue weighted by molar-refractivity contribution is 7.99. The molecule has 0 aliphatic carbocycles. The standard InChI is InChI=1S/C10H21NO2S2/c1-10(2,14-3)8-11-9-5-4-6-15(12,13)7-9/h9,11H,4-8H2,1-3H3. The summed E-state index contributed by atoms with van der Waals surface area (Å²) in [5, 5.41) is 3.37. The van der Waals surface area contributed by atoms with E-state index in [9.17, 15) is 8.42 Å². The van der Waals surface area contributed by atoms with E-state index in [1.807, 2.05) is 0 Å². The van der Waals surface area contributed by atoms with Crippen molar-refractivity contribution in [3.05, 3.63) is 0 Å². The van der Waals surface area contributed by atoms with Gasteiger partial charge in [-0.2, -0.15) is 11.8 Å². The Hall–Kier alpha value is 0.260. The molecule has 0 aromatic rings. The van der Waals surface area contributed by atoms with Gasteiger partial charge in [0, 0.05) is 17.3 Å². The van der Waals surface area contributed by atoms with Gasteiger partial charge >= 0.3 is 0 Å². The Morgan fingerprint density at radius 1 is 1.47 bits per heavy atom. The summed E-state index contributed by atoms with van der Waals surface area (Å²) in [6.45, 7) is 5.21. The monoisotopic (exact) mass is 251 g/mol. The molecule has 1 atom stereocenters. The first-order valence-corrected chi connectivity index (χ1v) is 8.38. The lowest BCUT2D eigenvalue weighted by molar-refractivity contribution is 0.460. The molecule has 0 radical (unpaired) electrons. The quantitative estimate of drug-likeness (QED) is 0.818. The van der Waals surface area contributed by atoms with Gasteiger partial charge in [0.2, 0.25) is 0 Å². The second-order valence-corrected chi connectivity index (χ2v) is 8.54. The van der Waals surface area contributed by atoms with E-state index in [4.69, 9.17) is 0 Å². The molecule has 3 nitrogen and oxygen atoms in total. The Morgan fingerprint density at radius 2 is 2.13 bits per heavy atom. The average Bonchev–Trinajstić information content (AvgIpc) is 2.14. The molecule has 1 N–H and O–H groups in total. The van der Waals surface area contributed by atoms with E-state index in [1.54, 1.807) is 11.8 Å². The summed E-state index contributed by atoms with van der Waals surface area (Å²) in [6.07, 6.45) is 3.88. The fourth-order valence-corrected chi connectivity index (χ4v) is 3.54. The SMILES string of the molecule is CSC(C)(C)CNC1CCCS(=O)(=O)C1. The van der Waals surface area contributed by atoms with Crippen LogP contribution in [0, 0.1) is 0 Å². The first kappa shape index (κ1) is 13.3. The number of thioether (sulfide) groups is 1. The Kier molecular flexibility index (Phi) is 4.50. The zero-order valence-electron chi connectivity index (χ0n) is 9.75. The zero-order valence-corrected chi connectivity index (χ0v) is 11.4. The van der Waals surface area contributed by atoms with E-state index >= 15 is 0 Å². The molecular weight excluding hydrogens is 230 g/mol. The van der Waals surface area contributed by atoms with Gasteiger partial charge in [-0.25, -0.2) is 8.42 Å². The molecule has 1 rings (SSSR count). The molecule has 1 aliphatic rings. The van der Waals surface area contributed by atoms with Crippen molar-refractivity contribution in [3.8, 4) is 0 Å². The van der Waals surface area contributed by atoms with Crippen LogP contribution in [0.4, 0.5) is 0 Å². The van der Waals surface area contributed by atoms with Crippen LogP contribution in [0.5, 0.6) is 0 Å². The summed E-state index contributed by atoms with van der Waals surface area (Å²) >= 11 is 1.80. The molecule has 5 heteroatoms. The highest BCUT2D eigenvalue weighted by Crippen LogP contribution is 2.21. The molecule has 1 fully saturated rings. The number of nitrogens with one attached hydrogen (secondary N) is 1. The van der Waals surface area contributed by atoms with E-state index in [0.29, 0.717) is 11.5 Å². The summed E-state index contributed by atoms with van der Waals surface area (Å²) in [6, 6.07) is 0.162. The van der Waals surface area contributed by atoms with Crippen LogP contribution in [-0.4, -0.2) is 43.5 Å². The van der Waals surface area contributed by atoms with Crippen molar-refractivity contribution in [2.24, 2.45) is 0 Å². The maximum atomic E-state index is 11.4. The Bertz CT molecular complexity index is 299. The van der Waals surface area contributed by atoms with Crippen LogP contribution in [0.3, 0.4) is 0 Å². The van der Waals surface area contributed by atoms with Crippen LogP contribution in [-0.2, 0) is 9.84 Å². The highest BCUT2D eigenvalue weighted by Gasteiger charge is 2.26. The lowest BCUT2D eigenvalue weighted by atomic mass is 10.1. The summed E-state index contributed by atoms with van der Waals surface area (Å²) < 4.78 is 23.0. The number of hydrogen-bond acceptors (Lipinski definition) is 4. The van der Waals surface area contributed by atoms with Crippen LogP contribution < -0.4 is 5.32 Å². The number of hydrogen-bond donors (Lipinski definition) is 1. The van der Waals surface area contributed by atoms with Gasteiger partial charge in [0.25, 0.3) is 0 Å². The molecule has 0 aromatic heterocycles. The molecule has 1 heterocycles. The minimum Gasteiger partial charge on any atom is -0.312 e. The smallest absolute Gasteiger partial charge is 0.151 e. The molecule has 0 aromatic carbocycles. The van der Waals surface area contributed by atoms with Gasteiger partial charge in [-0.1, -0.05) is 0 Å². The van der Waals surface area contributed by atoms with Crippen molar-refractivity contribution in [2.75, 3.05) is 24.3 Å². The van der Waals surface area contributed by atoms with E-state index in [0.717, 1.165) is 19.4 Å². The van der Waals surface area contributed by atoms with Crippen LogP contribution in [0.1, 0.15) is 26.7 Å². The summed E-state index contributed by atoms with van der Waals surface area (Å²) in [4.78, 5) is 0. The Labute approximate surface area is 97.3 Å². The topological polar surface area (TPSA) is 46.2 Å². The van der Waals surface area contributed by atoms with Crippen molar-refractivity contribution in [1.82, 2.24) is 5.32 Å². The second kappa shape index (κ2) is 5.06. The first-order chi connectivity index (χ1) is 6.85. The average molecular weight is 251 g/mol. The minimum absolute atomic E-state index is 0.162. The van der Waals surface area contributed by atoms with Crippen LogP contribution >= 0.6 is 11.8 Å². The zero-order chi connectivity index (χ0) is 11.5. The maximum Gasteiger partial charge on any atom is 0.151 e. The molecule has 0 bridgehead atoms. The van der Waals surface area contributed by atoms with Crippen molar-refractivity contribution < 1.29 is 8.42 Å². The van der Waals surface area contributed by atoms with Crippen molar-refractivity contribution >= 4 is 21.6 Å². The molecule has 1 saturated heterocycles. The Morgan fingerprint density at radius 3 is 2.67 bits per heavy atom. The fraction of sp³-hybridized carbons (Fsp3) is 1.00. The predicted octanol–water partition coefficient (Wildman–Crippen LogP) is 1.29. The van der Waals surface area contributed by atoms with E-state index in [-0.39, 0.29) is 10.8 Å². The van der Waals surface area contributed by atoms with Crippen molar-refractivity contribution in [1.29, 1.82) is 0 Å². The van der Waals surface area contributed by atoms with Gasteiger partial charge in [0.1, 0.15) is 0 Å². The van der Waals surface area contributed by atoms with E-state index in [2.05, 4.69) is 25.4 Å². The van der Waals surface area contributed by atoms with Gasteiger partial charge in [0.15, 0.2) is 9.84 Å². The van der Waals surface area contributed by atoms with Gasteiger partial charge in [0.05, 0.1) is 11.5 Å². The summed E-state index contributed by atoms with van der Waals surface area (Å²) in [5.41, 5.74) is 0. The molecule has 0 spiro atoms. The van der Waals surface area contributed by atoms with Gasteiger partial charge in [-0.05, 0) is 32.9 Å². The third kappa shape index (κ3) is 4.74. The van der Waals surface area contributed by atoms with Crippen LogP contribution in [0.25, 0.3) is 0 Å². The second-order valence-electron chi connectivity index (χ2n) is 4.80. The van der Waals surface area contributed by atoms with Gasteiger partial charge < -0.3 is 5.32 Å².